The summed E-state index contributed by atoms with van der Waals surface area (Å²) in [6.45, 7) is 2.12. The lowest BCUT2D eigenvalue weighted by molar-refractivity contribution is 0.885. The van der Waals surface area contributed by atoms with E-state index < -0.39 is 0 Å². The average Bonchev–Trinajstić information content (AvgIpc) is 2.34. The van der Waals surface area contributed by atoms with Crippen molar-refractivity contribution in [2.24, 2.45) is 0 Å². The van der Waals surface area contributed by atoms with Crippen LogP contribution in [0.1, 0.15) is 18.5 Å². The largest absolute Gasteiger partial charge is 0.397 e. The average molecular weight is 291 g/mol. The molecule has 88 valence electrons. The first-order chi connectivity index (χ1) is 8.16. The number of nitrogens with two attached hydrogens (primary N) is 1. The number of nitrogen functional groups attached to an aromatic ring is 1. The summed E-state index contributed by atoms with van der Waals surface area (Å²) in [6.07, 6.45) is 0. The monoisotopic (exact) mass is 290 g/mol. The van der Waals surface area contributed by atoms with Crippen LogP contribution in [0.15, 0.2) is 53.0 Å². The number of anilines is 2. The van der Waals surface area contributed by atoms with Crippen molar-refractivity contribution in [2.75, 3.05) is 11.1 Å². The van der Waals surface area contributed by atoms with Crippen molar-refractivity contribution in [3.05, 3.63) is 58.6 Å². The standard InChI is InChI=1S/C14H15BrN2/c1-10(11-5-3-2-4-6-11)17-14-8-7-12(15)9-13(14)16/h2-10,17H,16H2,1H3. The fourth-order valence-electron chi connectivity index (χ4n) is 1.72. The topological polar surface area (TPSA) is 38.0 Å². The van der Waals surface area contributed by atoms with Crippen molar-refractivity contribution in [3.63, 3.8) is 0 Å². The lowest BCUT2D eigenvalue weighted by Gasteiger charge is -2.17. The molecule has 0 aliphatic rings. The molecule has 0 spiro atoms. The predicted molar refractivity (Wildman–Crippen MR) is 77.0 cm³/mol. The summed E-state index contributed by atoms with van der Waals surface area (Å²) in [5.74, 6) is 0. The van der Waals surface area contributed by atoms with Crippen LogP contribution in [-0.2, 0) is 0 Å². The van der Waals surface area contributed by atoms with E-state index in [0.717, 1.165) is 15.8 Å². The molecule has 1 atom stereocenters. The van der Waals surface area contributed by atoms with E-state index in [-0.39, 0.29) is 6.04 Å². The second-order valence-corrected chi connectivity index (χ2v) is 4.92. The van der Waals surface area contributed by atoms with Gasteiger partial charge in [-0.05, 0) is 30.7 Å². The van der Waals surface area contributed by atoms with Crippen LogP contribution in [-0.4, -0.2) is 0 Å². The van der Waals surface area contributed by atoms with Crippen molar-refractivity contribution in [1.29, 1.82) is 0 Å². The van der Waals surface area contributed by atoms with Gasteiger partial charge in [0.05, 0.1) is 11.4 Å². The molecule has 0 aromatic heterocycles. The highest BCUT2D eigenvalue weighted by Crippen LogP contribution is 2.26. The van der Waals surface area contributed by atoms with Gasteiger partial charge in [0.1, 0.15) is 0 Å². The van der Waals surface area contributed by atoms with Crippen molar-refractivity contribution >= 4 is 27.3 Å². The molecule has 2 nitrogen and oxygen atoms in total. The molecule has 0 saturated carbocycles. The van der Waals surface area contributed by atoms with Gasteiger partial charge in [-0.15, -0.1) is 0 Å². The molecule has 2 rings (SSSR count). The van der Waals surface area contributed by atoms with E-state index in [1.54, 1.807) is 0 Å². The molecule has 17 heavy (non-hydrogen) atoms. The molecule has 2 aromatic carbocycles. The normalized spacial score (nSPS) is 12.1. The van der Waals surface area contributed by atoms with Crippen molar-refractivity contribution in [2.45, 2.75) is 13.0 Å². The third-order valence-electron chi connectivity index (χ3n) is 2.69. The van der Waals surface area contributed by atoms with Gasteiger partial charge in [-0.3, -0.25) is 0 Å². The molecule has 0 heterocycles. The van der Waals surface area contributed by atoms with Gasteiger partial charge in [-0.1, -0.05) is 46.3 Å². The van der Waals surface area contributed by atoms with Crippen LogP contribution in [0.2, 0.25) is 0 Å². The zero-order valence-electron chi connectivity index (χ0n) is 9.65. The predicted octanol–water partition coefficient (Wildman–Crippen LogP) is 4.20. The SMILES string of the molecule is CC(Nc1ccc(Br)cc1N)c1ccccc1. The maximum atomic E-state index is 5.96. The molecular formula is C14H15BrN2. The first kappa shape index (κ1) is 12.0. The number of halogens is 1. The lowest BCUT2D eigenvalue weighted by Crippen LogP contribution is -2.08. The highest BCUT2D eigenvalue weighted by atomic mass is 79.9. The Bertz CT molecular complexity index is 497. The van der Waals surface area contributed by atoms with Gasteiger partial charge in [0.25, 0.3) is 0 Å². The van der Waals surface area contributed by atoms with Crippen LogP contribution in [0.5, 0.6) is 0 Å². The van der Waals surface area contributed by atoms with Gasteiger partial charge in [0.15, 0.2) is 0 Å². The Morgan fingerprint density at radius 3 is 2.47 bits per heavy atom. The van der Waals surface area contributed by atoms with Crippen molar-refractivity contribution in [1.82, 2.24) is 0 Å². The fourth-order valence-corrected chi connectivity index (χ4v) is 2.10. The van der Waals surface area contributed by atoms with Gasteiger partial charge in [-0.2, -0.15) is 0 Å². The minimum absolute atomic E-state index is 0.236. The van der Waals surface area contributed by atoms with Gasteiger partial charge < -0.3 is 11.1 Å². The quantitative estimate of drug-likeness (QED) is 0.831. The lowest BCUT2D eigenvalue weighted by atomic mass is 10.1. The fraction of sp³-hybridized carbons (Fsp3) is 0.143. The number of rotatable bonds is 3. The summed E-state index contributed by atoms with van der Waals surface area (Å²) in [4.78, 5) is 0. The number of hydrogen-bond acceptors (Lipinski definition) is 2. The number of benzene rings is 2. The van der Waals surface area contributed by atoms with Gasteiger partial charge >= 0.3 is 0 Å². The molecule has 3 heteroatoms. The van der Waals surface area contributed by atoms with E-state index in [1.165, 1.54) is 5.56 Å². The van der Waals surface area contributed by atoms with E-state index in [9.17, 15) is 0 Å². The highest BCUT2D eigenvalue weighted by Gasteiger charge is 2.06. The molecule has 0 bridgehead atoms. The zero-order valence-corrected chi connectivity index (χ0v) is 11.2. The Morgan fingerprint density at radius 2 is 1.82 bits per heavy atom. The van der Waals surface area contributed by atoms with E-state index in [4.69, 9.17) is 5.73 Å². The second kappa shape index (κ2) is 5.23. The minimum Gasteiger partial charge on any atom is -0.397 e. The molecule has 1 unspecified atom stereocenters. The van der Waals surface area contributed by atoms with E-state index in [1.807, 2.05) is 36.4 Å². The summed E-state index contributed by atoms with van der Waals surface area (Å²) in [6, 6.07) is 16.4. The van der Waals surface area contributed by atoms with Gasteiger partial charge in [-0.25, -0.2) is 0 Å². The number of nitrogens with one attached hydrogen (secondary N) is 1. The third-order valence-corrected chi connectivity index (χ3v) is 3.18. The molecular weight excluding hydrogens is 276 g/mol. The Morgan fingerprint density at radius 1 is 1.12 bits per heavy atom. The maximum Gasteiger partial charge on any atom is 0.0579 e. The van der Waals surface area contributed by atoms with Crippen LogP contribution >= 0.6 is 15.9 Å². The summed E-state index contributed by atoms with van der Waals surface area (Å²) in [5, 5.41) is 3.41. The minimum atomic E-state index is 0.236. The van der Waals surface area contributed by atoms with E-state index >= 15 is 0 Å². The molecule has 0 aliphatic heterocycles. The summed E-state index contributed by atoms with van der Waals surface area (Å²) < 4.78 is 0.993. The van der Waals surface area contributed by atoms with E-state index in [2.05, 4.69) is 40.3 Å². The van der Waals surface area contributed by atoms with Crippen LogP contribution < -0.4 is 11.1 Å². The number of hydrogen-bond donors (Lipinski definition) is 2. The highest BCUT2D eigenvalue weighted by molar-refractivity contribution is 9.10. The van der Waals surface area contributed by atoms with Crippen molar-refractivity contribution < 1.29 is 0 Å². The van der Waals surface area contributed by atoms with Crippen LogP contribution in [0.4, 0.5) is 11.4 Å². The molecule has 0 fully saturated rings. The molecule has 0 aliphatic carbocycles. The smallest absolute Gasteiger partial charge is 0.0579 e. The zero-order chi connectivity index (χ0) is 12.3. The maximum absolute atomic E-state index is 5.96. The van der Waals surface area contributed by atoms with Gasteiger partial charge in [0, 0.05) is 10.5 Å². The second-order valence-electron chi connectivity index (χ2n) is 4.01. The summed E-state index contributed by atoms with van der Waals surface area (Å²) in [7, 11) is 0. The van der Waals surface area contributed by atoms with Crippen LogP contribution in [0.3, 0.4) is 0 Å². The van der Waals surface area contributed by atoms with Crippen molar-refractivity contribution in [3.8, 4) is 0 Å². The molecule has 2 aromatic rings. The molecule has 0 radical (unpaired) electrons. The van der Waals surface area contributed by atoms with E-state index in [0.29, 0.717) is 0 Å². The first-order valence-electron chi connectivity index (χ1n) is 5.53. The van der Waals surface area contributed by atoms with Crippen LogP contribution in [0.25, 0.3) is 0 Å². The Balaban J connectivity index is 2.16. The Hall–Kier alpha value is -1.48. The Labute approximate surface area is 110 Å². The molecule has 0 saturated heterocycles. The Kier molecular flexibility index (Phi) is 3.69. The summed E-state index contributed by atoms with van der Waals surface area (Å²) in [5.41, 5.74) is 8.92. The first-order valence-corrected chi connectivity index (χ1v) is 6.32. The molecule has 0 amide bonds. The van der Waals surface area contributed by atoms with Gasteiger partial charge in [0.2, 0.25) is 0 Å². The third kappa shape index (κ3) is 3.01. The molecule has 3 N–H and O–H groups in total. The van der Waals surface area contributed by atoms with Crippen LogP contribution in [0, 0.1) is 0 Å². The summed E-state index contributed by atoms with van der Waals surface area (Å²) >= 11 is 3.40.